The van der Waals surface area contributed by atoms with Crippen molar-refractivity contribution in [2.24, 2.45) is 0 Å². The molecule has 2 aliphatic rings. The van der Waals surface area contributed by atoms with Gasteiger partial charge < -0.3 is 20.3 Å². The molecule has 1 aromatic heterocycles. The maximum atomic E-state index is 12.3. The third-order valence-electron chi connectivity index (χ3n) is 5.29. The van der Waals surface area contributed by atoms with E-state index in [1.165, 1.54) is 0 Å². The van der Waals surface area contributed by atoms with E-state index in [4.69, 9.17) is 4.74 Å². The third-order valence-corrected chi connectivity index (χ3v) is 5.29. The molecular formula is C21H26N4O2. The molecule has 2 aliphatic heterocycles. The number of ether oxygens (including phenoxy) is 1. The molecule has 0 aliphatic carbocycles. The summed E-state index contributed by atoms with van der Waals surface area (Å²) in [5, 5.41) is 6.69. The maximum Gasteiger partial charge on any atom is 0.257 e. The predicted octanol–water partition coefficient (Wildman–Crippen LogP) is 2.68. The predicted molar refractivity (Wildman–Crippen MR) is 106 cm³/mol. The van der Waals surface area contributed by atoms with E-state index in [0.717, 1.165) is 56.9 Å². The van der Waals surface area contributed by atoms with E-state index in [1.54, 1.807) is 24.5 Å². The second-order valence-corrected chi connectivity index (χ2v) is 7.23. The van der Waals surface area contributed by atoms with E-state index in [0.29, 0.717) is 17.6 Å². The Bertz CT molecular complexity index is 754. The lowest BCUT2D eigenvalue weighted by atomic mass is 10.0. The van der Waals surface area contributed by atoms with Crippen LogP contribution in [0.3, 0.4) is 0 Å². The zero-order valence-electron chi connectivity index (χ0n) is 15.4. The van der Waals surface area contributed by atoms with Gasteiger partial charge in [-0.25, -0.2) is 0 Å². The summed E-state index contributed by atoms with van der Waals surface area (Å²) in [5.74, 6) is -0.137. The number of pyridine rings is 1. The zero-order valence-corrected chi connectivity index (χ0v) is 15.4. The molecule has 0 saturated carbocycles. The lowest BCUT2D eigenvalue weighted by Gasteiger charge is -2.35. The van der Waals surface area contributed by atoms with E-state index >= 15 is 0 Å². The van der Waals surface area contributed by atoms with Gasteiger partial charge in [0, 0.05) is 55.5 Å². The van der Waals surface area contributed by atoms with Crippen LogP contribution < -0.4 is 15.5 Å². The monoisotopic (exact) mass is 366 g/mol. The molecule has 2 fully saturated rings. The Hall–Kier alpha value is -2.44. The van der Waals surface area contributed by atoms with Crippen molar-refractivity contribution in [1.29, 1.82) is 0 Å². The highest BCUT2D eigenvalue weighted by Crippen LogP contribution is 2.24. The summed E-state index contributed by atoms with van der Waals surface area (Å²) in [5.41, 5.74) is 2.53. The number of hydrogen-bond acceptors (Lipinski definition) is 5. The maximum absolute atomic E-state index is 12.3. The smallest absolute Gasteiger partial charge is 0.257 e. The number of nitrogens with zero attached hydrogens (tertiary/aromatic N) is 2. The van der Waals surface area contributed by atoms with Crippen molar-refractivity contribution in [3.8, 4) is 0 Å². The number of aromatic nitrogens is 1. The average Bonchev–Trinajstić information content (AvgIpc) is 3.22. The molecule has 6 nitrogen and oxygen atoms in total. The van der Waals surface area contributed by atoms with Crippen molar-refractivity contribution in [1.82, 2.24) is 10.3 Å². The summed E-state index contributed by atoms with van der Waals surface area (Å²) in [6.45, 7) is 3.77. The van der Waals surface area contributed by atoms with Crippen LogP contribution >= 0.6 is 0 Å². The lowest BCUT2D eigenvalue weighted by Crippen LogP contribution is -2.46. The fourth-order valence-electron chi connectivity index (χ4n) is 3.78. The minimum Gasteiger partial charge on any atom is -0.380 e. The summed E-state index contributed by atoms with van der Waals surface area (Å²) in [7, 11) is 0. The average molecular weight is 366 g/mol. The highest BCUT2D eigenvalue weighted by molar-refractivity contribution is 6.04. The van der Waals surface area contributed by atoms with Crippen LogP contribution in [0.5, 0.6) is 0 Å². The summed E-state index contributed by atoms with van der Waals surface area (Å²) in [6, 6.07) is 12.7. The molecule has 4 rings (SSSR count). The quantitative estimate of drug-likeness (QED) is 0.852. The first-order chi connectivity index (χ1) is 13.3. The molecule has 3 heterocycles. The van der Waals surface area contributed by atoms with Crippen LogP contribution in [0.25, 0.3) is 0 Å². The number of benzene rings is 1. The number of rotatable bonds is 5. The summed E-state index contributed by atoms with van der Waals surface area (Å²) < 4.78 is 5.45. The third kappa shape index (κ3) is 4.64. The van der Waals surface area contributed by atoms with Crippen LogP contribution in [-0.2, 0) is 4.74 Å². The SMILES string of the molecule is O=C(Nc1cccc(N2CCC(NC3CCOC3)CC2)c1)c1cccnc1. The van der Waals surface area contributed by atoms with Gasteiger partial charge in [0.2, 0.25) is 0 Å². The Balaban J connectivity index is 1.33. The number of nitrogens with one attached hydrogen (secondary N) is 2. The molecule has 1 aromatic carbocycles. The molecule has 1 amide bonds. The van der Waals surface area contributed by atoms with Crippen LogP contribution in [0, 0.1) is 0 Å². The van der Waals surface area contributed by atoms with Crippen LogP contribution in [-0.4, -0.2) is 49.3 Å². The first-order valence-electron chi connectivity index (χ1n) is 9.68. The first kappa shape index (κ1) is 17.9. The Morgan fingerprint density at radius 2 is 2.00 bits per heavy atom. The molecule has 2 aromatic rings. The fourth-order valence-corrected chi connectivity index (χ4v) is 3.78. The molecule has 0 spiro atoms. The molecule has 2 saturated heterocycles. The van der Waals surface area contributed by atoms with E-state index in [9.17, 15) is 4.79 Å². The van der Waals surface area contributed by atoms with Crippen molar-refractivity contribution >= 4 is 17.3 Å². The van der Waals surface area contributed by atoms with Gasteiger partial charge in [-0.1, -0.05) is 6.07 Å². The van der Waals surface area contributed by atoms with Crippen LogP contribution in [0.15, 0.2) is 48.8 Å². The van der Waals surface area contributed by atoms with Crippen molar-refractivity contribution in [2.45, 2.75) is 31.3 Å². The molecule has 1 atom stereocenters. The number of carbonyl (C=O) groups excluding carboxylic acids is 1. The molecule has 6 heteroatoms. The van der Waals surface area contributed by atoms with Gasteiger partial charge in [0.05, 0.1) is 12.2 Å². The van der Waals surface area contributed by atoms with Gasteiger partial charge in [-0.3, -0.25) is 9.78 Å². The number of hydrogen-bond donors (Lipinski definition) is 2. The van der Waals surface area contributed by atoms with E-state index < -0.39 is 0 Å². The number of amides is 1. The van der Waals surface area contributed by atoms with Crippen LogP contribution in [0.1, 0.15) is 29.6 Å². The Morgan fingerprint density at radius 1 is 1.11 bits per heavy atom. The molecule has 0 radical (unpaired) electrons. The van der Waals surface area contributed by atoms with Crippen LogP contribution in [0.4, 0.5) is 11.4 Å². The van der Waals surface area contributed by atoms with Crippen molar-refractivity contribution in [3.63, 3.8) is 0 Å². The van der Waals surface area contributed by atoms with Crippen LogP contribution in [0.2, 0.25) is 0 Å². The molecule has 142 valence electrons. The highest BCUT2D eigenvalue weighted by atomic mass is 16.5. The summed E-state index contributed by atoms with van der Waals surface area (Å²) in [4.78, 5) is 18.7. The second-order valence-electron chi connectivity index (χ2n) is 7.23. The van der Waals surface area contributed by atoms with Crippen molar-refractivity contribution in [3.05, 3.63) is 54.4 Å². The number of piperidine rings is 1. The van der Waals surface area contributed by atoms with E-state index in [2.05, 4.69) is 26.6 Å². The van der Waals surface area contributed by atoms with Gasteiger partial charge in [-0.2, -0.15) is 0 Å². The largest absolute Gasteiger partial charge is 0.380 e. The molecule has 0 bridgehead atoms. The van der Waals surface area contributed by atoms with Crippen molar-refractivity contribution in [2.75, 3.05) is 36.5 Å². The zero-order chi connectivity index (χ0) is 18.5. The fraction of sp³-hybridized carbons (Fsp3) is 0.429. The first-order valence-corrected chi connectivity index (χ1v) is 9.68. The second kappa shape index (κ2) is 8.50. The van der Waals surface area contributed by atoms with Gasteiger partial charge >= 0.3 is 0 Å². The standard InChI is InChI=1S/C21H26N4O2/c26-21(16-3-2-9-22-14-16)24-18-4-1-5-20(13-18)25-10-6-17(7-11-25)23-19-8-12-27-15-19/h1-5,9,13-14,17,19,23H,6-8,10-12,15H2,(H,24,26). The highest BCUT2D eigenvalue weighted by Gasteiger charge is 2.24. The molecule has 1 unspecified atom stereocenters. The Kier molecular flexibility index (Phi) is 5.65. The number of anilines is 2. The normalized spacial score (nSPS) is 20.6. The Labute approximate surface area is 159 Å². The number of carbonyl (C=O) groups is 1. The van der Waals surface area contributed by atoms with Gasteiger partial charge in [0.25, 0.3) is 5.91 Å². The van der Waals surface area contributed by atoms with E-state index in [1.807, 2.05) is 18.2 Å². The lowest BCUT2D eigenvalue weighted by molar-refractivity contribution is 0.102. The molecule has 27 heavy (non-hydrogen) atoms. The minimum absolute atomic E-state index is 0.137. The molecular weight excluding hydrogens is 340 g/mol. The van der Waals surface area contributed by atoms with E-state index in [-0.39, 0.29) is 5.91 Å². The summed E-state index contributed by atoms with van der Waals surface area (Å²) >= 11 is 0. The van der Waals surface area contributed by atoms with Gasteiger partial charge in [0.15, 0.2) is 0 Å². The van der Waals surface area contributed by atoms with Gasteiger partial charge in [0.1, 0.15) is 0 Å². The summed E-state index contributed by atoms with van der Waals surface area (Å²) in [6.07, 6.45) is 6.62. The topological polar surface area (TPSA) is 66.5 Å². The molecule has 2 N–H and O–H groups in total. The van der Waals surface area contributed by atoms with Gasteiger partial charge in [-0.05, 0) is 49.6 Å². The van der Waals surface area contributed by atoms with Gasteiger partial charge in [-0.15, -0.1) is 0 Å². The minimum atomic E-state index is -0.137. The van der Waals surface area contributed by atoms with Crippen molar-refractivity contribution < 1.29 is 9.53 Å². The Morgan fingerprint density at radius 3 is 2.74 bits per heavy atom.